The molecule has 1 aliphatic rings. The molecule has 20 heavy (non-hydrogen) atoms. The van der Waals surface area contributed by atoms with Crippen LogP contribution in [0.1, 0.15) is 37.6 Å². The number of nitrogens with one attached hydrogen (secondary N) is 1. The van der Waals surface area contributed by atoms with Gasteiger partial charge in [0, 0.05) is 18.5 Å². The van der Waals surface area contributed by atoms with Crippen molar-refractivity contribution >= 4 is 21.6 Å². The Labute approximate surface area is 124 Å². The van der Waals surface area contributed by atoms with E-state index in [9.17, 15) is 5.11 Å². The Hall–Kier alpha value is -0.970. The third-order valence-electron chi connectivity index (χ3n) is 4.05. The molecule has 4 heteroatoms. The monoisotopic (exact) mass is 290 g/mol. The van der Waals surface area contributed by atoms with E-state index in [4.69, 9.17) is 0 Å². The summed E-state index contributed by atoms with van der Waals surface area (Å²) in [6, 6.07) is 8.90. The van der Waals surface area contributed by atoms with Gasteiger partial charge in [-0.1, -0.05) is 25.0 Å². The maximum absolute atomic E-state index is 10.0. The molecule has 3 nitrogen and oxygen atoms in total. The number of para-hydroxylation sites is 1. The molecule has 3 unspecified atom stereocenters. The van der Waals surface area contributed by atoms with Crippen LogP contribution in [0.5, 0.6) is 0 Å². The number of thiazole rings is 1. The van der Waals surface area contributed by atoms with Crippen LogP contribution in [0.25, 0.3) is 10.2 Å². The molecule has 0 radical (unpaired) electrons. The van der Waals surface area contributed by atoms with E-state index in [0.717, 1.165) is 31.2 Å². The van der Waals surface area contributed by atoms with Crippen LogP contribution in [0.15, 0.2) is 24.3 Å². The number of aromatic nitrogens is 1. The number of aliphatic hydroxyl groups is 1. The first-order valence-electron chi connectivity index (χ1n) is 7.51. The zero-order valence-corrected chi connectivity index (χ0v) is 12.7. The topological polar surface area (TPSA) is 45.2 Å². The molecule has 3 atom stereocenters. The fourth-order valence-electron chi connectivity index (χ4n) is 3.00. The van der Waals surface area contributed by atoms with Crippen molar-refractivity contribution in [2.75, 3.05) is 0 Å². The largest absolute Gasteiger partial charge is 0.392 e. The van der Waals surface area contributed by atoms with E-state index in [1.807, 2.05) is 6.07 Å². The highest BCUT2D eigenvalue weighted by molar-refractivity contribution is 7.18. The van der Waals surface area contributed by atoms with Crippen molar-refractivity contribution < 1.29 is 5.11 Å². The molecule has 1 aromatic heterocycles. The zero-order valence-electron chi connectivity index (χ0n) is 11.9. The summed E-state index contributed by atoms with van der Waals surface area (Å²) >= 11 is 1.77. The van der Waals surface area contributed by atoms with Gasteiger partial charge < -0.3 is 10.4 Å². The molecular weight excluding hydrogens is 268 g/mol. The van der Waals surface area contributed by atoms with Gasteiger partial charge in [-0.3, -0.25) is 0 Å². The van der Waals surface area contributed by atoms with E-state index in [1.165, 1.54) is 16.1 Å². The highest BCUT2D eigenvalue weighted by Gasteiger charge is 2.24. The molecular formula is C16H22N2OS. The Bertz CT molecular complexity index is 535. The molecule has 1 heterocycles. The highest BCUT2D eigenvalue weighted by Crippen LogP contribution is 2.23. The summed E-state index contributed by atoms with van der Waals surface area (Å²) in [6.07, 6.45) is 5.16. The first kappa shape index (κ1) is 14.0. The molecule has 0 spiro atoms. The summed E-state index contributed by atoms with van der Waals surface area (Å²) in [5.41, 5.74) is 1.09. The molecule has 2 aromatic rings. The molecule has 1 fully saturated rings. The van der Waals surface area contributed by atoms with Gasteiger partial charge in [-0.05, 0) is 31.9 Å². The van der Waals surface area contributed by atoms with Crippen LogP contribution >= 0.6 is 11.3 Å². The second-order valence-electron chi connectivity index (χ2n) is 5.81. The first-order chi connectivity index (χ1) is 9.72. The normalized spacial score (nSPS) is 24.9. The Morgan fingerprint density at radius 2 is 2.15 bits per heavy atom. The van der Waals surface area contributed by atoms with Crippen LogP contribution in [-0.4, -0.2) is 28.3 Å². The average molecular weight is 290 g/mol. The third-order valence-corrected chi connectivity index (χ3v) is 5.11. The van der Waals surface area contributed by atoms with Crippen molar-refractivity contribution in [1.82, 2.24) is 10.3 Å². The van der Waals surface area contributed by atoms with Crippen LogP contribution in [-0.2, 0) is 6.42 Å². The Morgan fingerprint density at radius 3 is 2.95 bits per heavy atom. The summed E-state index contributed by atoms with van der Waals surface area (Å²) < 4.78 is 1.26. The van der Waals surface area contributed by atoms with E-state index in [1.54, 1.807) is 11.3 Å². The number of hydrogen-bond acceptors (Lipinski definition) is 4. The molecule has 1 aliphatic carbocycles. The Kier molecular flexibility index (Phi) is 4.34. The fourth-order valence-corrected chi connectivity index (χ4v) is 4.10. The maximum Gasteiger partial charge on any atom is 0.0954 e. The second-order valence-corrected chi connectivity index (χ2v) is 6.92. The number of benzene rings is 1. The Morgan fingerprint density at radius 1 is 1.35 bits per heavy atom. The fraction of sp³-hybridized carbons (Fsp3) is 0.562. The van der Waals surface area contributed by atoms with Crippen molar-refractivity contribution in [2.45, 2.75) is 57.2 Å². The molecule has 1 saturated carbocycles. The number of fused-ring (bicyclic) bond motifs is 1. The number of hydrogen-bond donors (Lipinski definition) is 2. The molecule has 2 N–H and O–H groups in total. The second kappa shape index (κ2) is 6.20. The zero-order chi connectivity index (χ0) is 13.9. The van der Waals surface area contributed by atoms with Gasteiger partial charge in [0.2, 0.25) is 0 Å². The van der Waals surface area contributed by atoms with Crippen molar-refractivity contribution in [2.24, 2.45) is 0 Å². The van der Waals surface area contributed by atoms with Crippen LogP contribution in [0.4, 0.5) is 0 Å². The van der Waals surface area contributed by atoms with E-state index < -0.39 is 0 Å². The molecule has 0 amide bonds. The summed E-state index contributed by atoms with van der Waals surface area (Å²) in [6.45, 7) is 2.19. The standard InChI is InChI=1S/C16H22N2OS/c1-11(17-12-6-2-4-8-14(12)19)10-16-18-13-7-3-5-9-15(13)20-16/h3,5,7,9,11-12,14,17,19H,2,4,6,8,10H2,1H3. The quantitative estimate of drug-likeness (QED) is 0.909. The van der Waals surface area contributed by atoms with Crippen molar-refractivity contribution in [3.63, 3.8) is 0 Å². The van der Waals surface area contributed by atoms with Crippen LogP contribution in [0.3, 0.4) is 0 Å². The smallest absolute Gasteiger partial charge is 0.0954 e. The van der Waals surface area contributed by atoms with Gasteiger partial charge in [0.15, 0.2) is 0 Å². The van der Waals surface area contributed by atoms with Crippen molar-refractivity contribution in [3.05, 3.63) is 29.3 Å². The number of rotatable bonds is 4. The molecule has 108 valence electrons. The summed E-state index contributed by atoms with van der Waals surface area (Å²) in [7, 11) is 0. The van der Waals surface area contributed by atoms with Crippen LogP contribution in [0, 0.1) is 0 Å². The lowest BCUT2D eigenvalue weighted by Crippen LogP contribution is -2.46. The van der Waals surface area contributed by atoms with Crippen LogP contribution in [0.2, 0.25) is 0 Å². The lowest BCUT2D eigenvalue weighted by molar-refractivity contribution is 0.0859. The van der Waals surface area contributed by atoms with Gasteiger partial charge in [0.25, 0.3) is 0 Å². The third kappa shape index (κ3) is 3.19. The maximum atomic E-state index is 10.0. The van der Waals surface area contributed by atoms with Gasteiger partial charge in [0.1, 0.15) is 0 Å². The minimum absolute atomic E-state index is 0.179. The van der Waals surface area contributed by atoms with Gasteiger partial charge in [-0.15, -0.1) is 11.3 Å². The van der Waals surface area contributed by atoms with Gasteiger partial charge in [-0.25, -0.2) is 4.98 Å². The van der Waals surface area contributed by atoms with E-state index >= 15 is 0 Å². The first-order valence-corrected chi connectivity index (χ1v) is 8.32. The van der Waals surface area contributed by atoms with Gasteiger partial charge >= 0.3 is 0 Å². The predicted octanol–water partition coefficient (Wildman–Crippen LogP) is 3.12. The Balaban J connectivity index is 1.61. The van der Waals surface area contributed by atoms with Crippen LogP contribution < -0.4 is 5.32 Å². The summed E-state index contributed by atoms with van der Waals surface area (Å²) in [5.74, 6) is 0. The molecule has 0 saturated heterocycles. The van der Waals surface area contributed by atoms with E-state index in [-0.39, 0.29) is 12.1 Å². The summed E-state index contributed by atoms with van der Waals surface area (Å²) in [4.78, 5) is 4.68. The molecule has 3 rings (SSSR count). The van der Waals surface area contributed by atoms with E-state index in [0.29, 0.717) is 6.04 Å². The highest BCUT2D eigenvalue weighted by atomic mass is 32.1. The minimum Gasteiger partial charge on any atom is -0.392 e. The van der Waals surface area contributed by atoms with Gasteiger partial charge in [0.05, 0.1) is 21.3 Å². The molecule has 1 aromatic carbocycles. The predicted molar refractivity (Wildman–Crippen MR) is 84.2 cm³/mol. The van der Waals surface area contributed by atoms with Crippen molar-refractivity contribution in [3.8, 4) is 0 Å². The molecule has 0 bridgehead atoms. The minimum atomic E-state index is -0.179. The lowest BCUT2D eigenvalue weighted by Gasteiger charge is -2.31. The number of nitrogens with zero attached hydrogens (tertiary/aromatic N) is 1. The molecule has 0 aliphatic heterocycles. The SMILES string of the molecule is CC(Cc1nc2ccccc2s1)NC1CCCCC1O. The summed E-state index contributed by atoms with van der Waals surface area (Å²) in [5, 5.41) is 14.8. The average Bonchev–Trinajstić information content (AvgIpc) is 2.83. The lowest BCUT2D eigenvalue weighted by atomic mass is 9.92. The van der Waals surface area contributed by atoms with E-state index in [2.05, 4.69) is 35.4 Å². The van der Waals surface area contributed by atoms with Crippen molar-refractivity contribution in [1.29, 1.82) is 0 Å². The number of aliphatic hydroxyl groups excluding tert-OH is 1. The van der Waals surface area contributed by atoms with Gasteiger partial charge in [-0.2, -0.15) is 0 Å².